The molecule has 144 valence electrons. The van der Waals surface area contributed by atoms with Crippen molar-refractivity contribution in [2.45, 2.75) is 12.8 Å². The summed E-state index contributed by atoms with van der Waals surface area (Å²) < 4.78 is 0. The normalized spacial score (nSPS) is 20.4. The monoisotopic (exact) mass is 386 g/mol. The maximum Gasteiger partial charge on any atom is 0.255 e. The molecule has 4 rings (SSSR count). The highest BCUT2D eigenvalue weighted by atomic mass is 16.2. The van der Waals surface area contributed by atoms with E-state index in [0.717, 1.165) is 0 Å². The van der Waals surface area contributed by atoms with E-state index in [1.165, 1.54) is 5.01 Å². The molecule has 1 saturated heterocycles. The molecule has 2 unspecified atom stereocenters. The van der Waals surface area contributed by atoms with Crippen LogP contribution in [0.3, 0.4) is 0 Å². The third-order valence-corrected chi connectivity index (χ3v) is 5.14. The molecule has 3 amide bonds. The van der Waals surface area contributed by atoms with Crippen LogP contribution < -0.4 is 15.8 Å². The Balaban J connectivity index is 1.56. The highest BCUT2D eigenvalue weighted by Crippen LogP contribution is 2.32. The van der Waals surface area contributed by atoms with E-state index < -0.39 is 0 Å². The van der Waals surface area contributed by atoms with Crippen LogP contribution in [0.4, 0.5) is 11.4 Å². The van der Waals surface area contributed by atoms with Crippen molar-refractivity contribution in [2.24, 2.45) is 11.8 Å². The molecule has 0 bridgehead atoms. The van der Waals surface area contributed by atoms with Crippen molar-refractivity contribution in [2.75, 3.05) is 10.3 Å². The number of allylic oxidation sites excluding steroid dienone is 2. The smallest absolute Gasteiger partial charge is 0.255 e. The summed E-state index contributed by atoms with van der Waals surface area (Å²) in [6.45, 7) is 0. The molecule has 1 aliphatic carbocycles. The predicted molar refractivity (Wildman–Crippen MR) is 107 cm³/mol. The number of fused-ring (bicyclic) bond motifs is 1. The number of rotatable bonds is 3. The fourth-order valence-electron chi connectivity index (χ4n) is 3.64. The summed E-state index contributed by atoms with van der Waals surface area (Å²) in [6.07, 6.45) is 4.94. The third-order valence-electron chi connectivity index (χ3n) is 5.14. The fraction of sp³-hybridized carbons (Fsp3) is 0.182. The van der Waals surface area contributed by atoms with Crippen molar-refractivity contribution in [3.8, 4) is 6.07 Å². The first-order valence-corrected chi connectivity index (χ1v) is 9.28. The van der Waals surface area contributed by atoms with Crippen molar-refractivity contribution < 1.29 is 14.4 Å². The standard InChI is InChI=1S/C22H18N4O3/c23-13-14-5-3-7-16(11-14)24-20(27)15-6-4-8-17(12-15)26-22(29)19-10-2-1-9-18(19)21(28)25-26/h1-8,11-12,18-19H,9-10H2,(H,24,27)(H,25,28). The van der Waals surface area contributed by atoms with Gasteiger partial charge in [0.05, 0.1) is 29.2 Å². The molecule has 29 heavy (non-hydrogen) atoms. The Morgan fingerprint density at radius 3 is 2.62 bits per heavy atom. The molecule has 2 aromatic rings. The van der Waals surface area contributed by atoms with Crippen LogP contribution in [0.15, 0.2) is 60.7 Å². The Morgan fingerprint density at radius 1 is 1.07 bits per heavy atom. The van der Waals surface area contributed by atoms with Crippen LogP contribution >= 0.6 is 0 Å². The SMILES string of the molecule is N#Cc1cccc(NC(=O)c2cccc(N3NC(=O)C4CC=CCC4C3=O)c2)c1. The molecule has 2 N–H and O–H groups in total. The summed E-state index contributed by atoms with van der Waals surface area (Å²) in [5.41, 5.74) is 4.35. The van der Waals surface area contributed by atoms with Crippen molar-refractivity contribution in [3.05, 3.63) is 71.8 Å². The summed E-state index contributed by atoms with van der Waals surface area (Å²) in [5.74, 6) is -1.49. The van der Waals surface area contributed by atoms with Gasteiger partial charge in [0, 0.05) is 11.3 Å². The van der Waals surface area contributed by atoms with E-state index in [4.69, 9.17) is 5.26 Å². The highest BCUT2D eigenvalue weighted by molar-refractivity contribution is 6.07. The first-order chi connectivity index (χ1) is 14.1. The Morgan fingerprint density at radius 2 is 1.83 bits per heavy atom. The van der Waals surface area contributed by atoms with Gasteiger partial charge in [0.15, 0.2) is 0 Å². The summed E-state index contributed by atoms with van der Waals surface area (Å²) in [4.78, 5) is 38.0. The second-order valence-electron chi connectivity index (χ2n) is 7.00. The topological polar surface area (TPSA) is 102 Å². The Bertz CT molecular complexity index is 1070. The van der Waals surface area contributed by atoms with Gasteiger partial charge in [-0.15, -0.1) is 0 Å². The zero-order chi connectivity index (χ0) is 20.4. The molecule has 2 aliphatic rings. The number of anilines is 2. The van der Waals surface area contributed by atoms with Gasteiger partial charge in [0.2, 0.25) is 11.8 Å². The maximum absolute atomic E-state index is 12.9. The molecule has 1 heterocycles. The van der Waals surface area contributed by atoms with Crippen LogP contribution in [0.5, 0.6) is 0 Å². The Labute approximate surface area is 167 Å². The largest absolute Gasteiger partial charge is 0.322 e. The van der Waals surface area contributed by atoms with Crippen LogP contribution in [0.2, 0.25) is 0 Å². The van der Waals surface area contributed by atoms with Crippen LogP contribution in [-0.4, -0.2) is 17.7 Å². The van der Waals surface area contributed by atoms with Gasteiger partial charge in [-0.2, -0.15) is 5.26 Å². The van der Waals surface area contributed by atoms with E-state index >= 15 is 0 Å². The van der Waals surface area contributed by atoms with Gasteiger partial charge in [-0.1, -0.05) is 24.3 Å². The molecular formula is C22H18N4O3. The second-order valence-corrected chi connectivity index (χ2v) is 7.00. The second kappa shape index (κ2) is 7.60. The Hall–Kier alpha value is -3.92. The third kappa shape index (κ3) is 3.60. The summed E-state index contributed by atoms with van der Waals surface area (Å²) in [5, 5.41) is 13.0. The van der Waals surface area contributed by atoms with Crippen molar-refractivity contribution in [1.82, 2.24) is 5.43 Å². The fourth-order valence-corrected chi connectivity index (χ4v) is 3.64. The summed E-state index contributed by atoms with van der Waals surface area (Å²) in [7, 11) is 0. The average molecular weight is 386 g/mol. The number of nitriles is 1. The van der Waals surface area contributed by atoms with Gasteiger partial charge in [-0.3, -0.25) is 19.8 Å². The van der Waals surface area contributed by atoms with Crippen LogP contribution in [-0.2, 0) is 9.59 Å². The number of hydrazine groups is 1. The highest BCUT2D eigenvalue weighted by Gasteiger charge is 2.42. The zero-order valence-corrected chi connectivity index (χ0v) is 15.5. The molecule has 0 spiro atoms. The number of carbonyl (C=O) groups is 3. The molecule has 7 nitrogen and oxygen atoms in total. The van der Waals surface area contributed by atoms with Crippen LogP contribution in [0, 0.1) is 23.2 Å². The van der Waals surface area contributed by atoms with Gasteiger partial charge in [0.1, 0.15) is 0 Å². The van der Waals surface area contributed by atoms with E-state index in [-0.39, 0.29) is 29.6 Å². The first-order valence-electron chi connectivity index (χ1n) is 9.28. The number of carbonyl (C=O) groups excluding carboxylic acids is 3. The van der Waals surface area contributed by atoms with E-state index in [1.807, 2.05) is 18.2 Å². The first kappa shape index (κ1) is 18.4. The van der Waals surface area contributed by atoms with E-state index in [2.05, 4.69) is 10.7 Å². The minimum atomic E-state index is -0.389. The molecule has 2 atom stereocenters. The van der Waals surface area contributed by atoms with Crippen molar-refractivity contribution in [3.63, 3.8) is 0 Å². The minimum absolute atomic E-state index is 0.182. The van der Waals surface area contributed by atoms with E-state index in [0.29, 0.717) is 35.3 Å². The molecule has 0 radical (unpaired) electrons. The number of benzene rings is 2. The molecule has 0 saturated carbocycles. The summed E-state index contributed by atoms with van der Waals surface area (Å²) >= 11 is 0. The zero-order valence-electron chi connectivity index (χ0n) is 15.5. The Kier molecular flexibility index (Phi) is 4.83. The number of nitrogens with one attached hydrogen (secondary N) is 2. The number of hydrogen-bond acceptors (Lipinski definition) is 4. The molecule has 2 aromatic carbocycles. The lowest BCUT2D eigenvalue weighted by molar-refractivity contribution is -0.139. The quantitative estimate of drug-likeness (QED) is 0.792. The van der Waals surface area contributed by atoms with Gasteiger partial charge in [0.25, 0.3) is 5.91 Å². The molecule has 1 fully saturated rings. The van der Waals surface area contributed by atoms with Crippen molar-refractivity contribution in [1.29, 1.82) is 5.26 Å². The predicted octanol–water partition coefficient (Wildman–Crippen LogP) is 2.77. The summed E-state index contributed by atoms with van der Waals surface area (Å²) in [6, 6.07) is 15.1. The van der Waals surface area contributed by atoms with Crippen molar-refractivity contribution >= 4 is 29.1 Å². The minimum Gasteiger partial charge on any atom is -0.322 e. The average Bonchev–Trinajstić information content (AvgIpc) is 2.76. The number of amides is 3. The number of nitrogens with zero attached hydrogens (tertiary/aromatic N) is 2. The van der Waals surface area contributed by atoms with Crippen LogP contribution in [0.1, 0.15) is 28.8 Å². The van der Waals surface area contributed by atoms with Gasteiger partial charge in [-0.25, -0.2) is 5.01 Å². The maximum atomic E-state index is 12.9. The van der Waals surface area contributed by atoms with Gasteiger partial charge < -0.3 is 5.32 Å². The van der Waals surface area contributed by atoms with E-state index in [1.54, 1.807) is 48.5 Å². The van der Waals surface area contributed by atoms with Crippen LogP contribution in [0.25, 0.3) is 0 Å². The molecular weight excluding hydrogens is 368 g/mol. The lowest BCUT2D eigenvalue weighted by atomic mass is 9.80. The van der Waals surface area contributed by atoms with Gasteiger partial charge >= 0.3 is 0 Å². The van der Waals surface area contributed by atoms with Gasteiger partial charge in [-0.05, 0) is 49.2 Å². The lowest BCUT2D eigenvalue weighted by Crippen LogP contribution is -2.59. The lowest BCUT2D eigenvalue weighted by Gasteiger charge is -2.38. The molecule has 7 heteroatoms. The van der Waals surface area contributed by atoms with E-state index in [9.17, 15) is 14.4 Å². The molecule has 1 aliphatic heterocycles. The molecule has 0 aromatic heterocycles. The number of hydrogen-bond donors (Lipinski definition) is 2.